The molecule has 0 aromatic heterocycles. The first-order chi connectivity index (χ1) is 7.79. The molecule has 0 bridgehead atoms. The normalized spacial score (nSPS) is 34.1. The molecule has 2 aliphatic rings. The van der Waals surface area contributed by atoms with Crippen molar-refractivity contribution in [3.05, 3.63) is 0 Å². The first-order valence-electron chi connectivity index (χ1n) is 7.55. The lowest BCUT2D eigenvalue weighted by Gasteiger charge is -2.30. The molecule has 1 N–H and O–H groups in total. The molecule has 0 aliphatic heterocycles. The summed E-state index contributed by atoms with van der Waals surface area (Å²) in [5.74, 6) is 1.98. The van der Waals surface area contributed by atoms with E-state index in [1.165, 1.54) is 57.8 Å². The Kier molecular flexibility index (Phi) is 4.69. The van der Waals surface area contributed by atoms with E-state index < -0.39 is 0 Å². The lowest BCUT2D eigenvalue weighted by molar-refractivity contribution is 0.262. The van der Waals surface area contributed by atoms with E-state index >= 15 is 0 Å². The van der Waals surface area contributed by atoms with E-state index in [2.05, 4.69) is 19.2 Å². The van der Waals surface area contributed by atoms with E-state index in [1.54, 1.807) is 0 Å². The molecule has 1 nitrogen and oxygen atoms in total. The third-order valence-corrected chi connectivity index (χ3v) is 4.97. The van der Waals surface area contributed by atoms with Gasteiger partial charge in [-0.25, -0.2) is 0 Å². The monoisotopic (exact) mass is 223 g/mol. The van der Waals surface area contributed by atoms with Gasteiger partial charge in [-0.05, 0) is 50.9 Å². The molecule has 94 valence electrons. The minimum atomic E-state index is 0.765. The molecular formula is C15H29N. The lowest BCUT2D eigenvalue weighted by atomic mass is 9.84. The molecule has 2 aliphatic carbocycles. The molecule has 0 saturated heterocycles. The summed E-state index contributed by atoms with van der Waals surface area (Å²) in [6, 6.07) is 1.60. The predicted octanol–water partition coefficient (Wildman–Crippen LogP) is 4.12. The maximum atomic E-state index is 3.91. The molecular weight excluding hydrogens is 194 g/mol. The van der Waals surface area contributed by atoms with Crippen LogP contribution in [0, 0.1) is 11.8 Å². The van der Waals surface area contributed by atoms with Crippen LogP contribution in [-0.4, -0.2) is 12.1 Å². The minimum absolute atomic E-state index is 0.765. The summed E-state index contributed by atoms with van der Waals surface area (Å²) in [7, 11) is 0. The van der Waals surface area contributed by atoms with Gasteiger partial charge >= 0.3 is 0 Å². The van der Waals surface area contributed by atoms with Gasteiger partial charge in [0.1, 0.15) is 0 Å². The largest absolute Gasteiger partial charge is 0.311 e. The second-order valence-electron chi connectivity index (χ2n) is 6.14. The maximum absolute atomic E-state index is 3.91. The van der Waals surface area contributed by atoms with Gasteiger partial charge in [0.15, 0.2) is 0 Å². The van der Waals surface area contributed by atoms with Gasteiger partial charge in [-0.15, -0.1) is 0 Å². The van der Waals surface area contributed by atoms with Gasteiger partial charge in [0, 0.05) is 12.1 Å². The van der Waals surface area contributed by atoms with Crippen molar-refractivity contribution in [3.63, 3.8) is 0 Å². The van der Waals surface area contributed by atoms with Crippen molar-refractivity contribution in [1.29, 1.82) is 0 Å². The highest BCUT2D eigenvalue weighted by atomic mass is 15.0. The number of nitrogens with one attached hydrogen (secondary N) is 1. The van der Waals surface area contributed by atoms with E-state index in [0.29, 0.717) is 0 Å². The minimum Gasteiger partial charge on any atom is -0.311 e. The van der Waals surface area contributed by atoms with Crippen molar-refractivity contribution in [1.82, 2.24) is 5.32 Å². The van der Waals surface area contributed by atoms with Crippen LogP contribution in [0.3, 0.4) is 0 Å². The molecule has 0 radical (unpaired) electrons. The first-order valence-corrected chi connectivity index (χ1v) is 7.55. The van der Waals surface area contributed by atoms with Gasteiger partial charge in [0.2, 0.25) is 0 Å². The van der Waals surface area contributed by atoms with Crippen molar-refractivity contribution < 1.29 is 0 Å². The third kappa shape index (κ3) is 3.23. The second kappa shape index (κ2) is 6.05. The van der Waals surface area contributed by atoms with E-state index in [0.717, 1.165) is 23.9 Å². The molecule has 0 amide bonds. The Morgan fingerprint density at radius 2 is 1.81 bits per heavy atom. The Morgan fingerprint density at radius 3 is 2.44 bits per heavy atom. The number of rotatable bonds is 4. The zero-order valence-corrected chi connectivity index (χ0v) is 11.2. The Hall–Kier alpha value is -0.0400. The summed E-state index contributed by atoms with van der Waals surface area (Å²) in [6.07, 6.45) is 13.1. The molecule has 2 unspecified atom stereocenters. The summed E-state index contributed by atoms with van der Waals surface area (Å²) in [6.45, 7) is 4.77. The molecule has 2 fully saturated rings. The highest BCUT2D eigenvalue weighted by Crippen LogP contribution is 2.31. The quantitative estimate of drug-likeness (QED) is 0.756. The van der Waals surface area contributed by atoms with Crippen molar-refractivity contribution in [2.45, 2.75) is 83.7 Å². The van der Waals surface area contributed by atoms with E-state index in [1.807, 2.05) is 0 Å². The average Bonchev–Trinajstić information content (AvgIpc) is 2.78. The van der Waals surface area contributed by atoms with Crippen molar-refractivity contribution in [3.8, 4) is 0 Å². The van der Waals surface area contributed by atoms with Gasteiger partial charge in [-0.3, -0.25) is 0 Å². The highest BCUT2D eigenvalue weighted by molar-refractivity contribution is 4.84. The zero-order chi connectivity index (χ0) is 11.4. The number of hydrogen-bond acceptors (Lipinski definition) is 1. The van der Waals surface area contributed by atoms with Gasteiger partial charge in [-0.2, -0.15) is 0 Å². The Labute approximate surface area is 101 Å². The van der Waals surface area contributed by atoms with E-state index in [-0.39, 0.29) is 0 Å². The fourth-order valence-corrected chi connectivity index (χ4v) is 3.74. The fraction of sp³-hybridized carbons (Fsp3) is 1.00. The molecule has 0 aromatic rings. The fourth-order valence-electron chi connectivity index (χ4n) is 3.74. The SMILES string of the molecule is CCC1CCC(N[C@@H](C)C2CCCCC2)C1. The lowest BCUT2D eigenvalue weighted by Crippen LogP contribution is -2.40. The second-order valence-corrected chi connectivity index (χ2v) is 6.14. The van der Waals surface area contributed by atoms with Crippen LogP contribution in [-0.2, 0) is 0 Å². The van der Waals surface area contributed by atoms with Crippen LogP contribution in [0.25, 0.3) is 0 Å². The van der Waals surface area contributed by atoms with E-state index in [4.69, 9.17) is 0 Å². The maximum Gasteiger partial charge on any atom is 0.00723 e. The zero-order valence-electron chi connectivity index (χ0n) is 11.2. The summed E-state index contributed by atoms with van der Waals surface area (Å²) in [4.78, 5) is 0. The van der Waals surface area contributed by atoms with Crippen LogP contribution in [0.4, 0.5) is 0 Å². The first kappa shape index (κ1) is 12.4. The van der Waals surface area contributed by atoms with Gasteiger partial charge in [0.25, 0.3) is 0 Å². The van der Waals surface area contributed by atoms with Crippen LogP contribution in [0.1, 0.15) is 71.6 Å². The topological polar surface area (TPSA) is 12.0 Å². The molecule has 0 spiro atoms. The van der Waals surface area contributed by atoms with E-state index in [9.17, 15) is 0 Å². The number of hydrogen-bond donors (Lipinski definition) is 1. The van der Waals surface area contributed by atoms with Crippen molar-refractivity contribution in [2.75, 3.05) is 0 Å². The van der Waals surface area contributed by atoms with Crippen LogP contribution >= 0.6 is 0 Å². The summed E-state index contributed by atoms with van der Waals surface area (Å²) < 4.78 is 0. The van der Waals surface area contributed by atoms with Crippen LogP contribution in [0.2, 0.25) is 0 Å². The Morgan fingerprint density at radius 1 is 1.06 bits per heavy atom. The summed E-state index contributed by atoms with van der Waals surface area (Å²) in [5, 5.41) is 3.91. The van der Waals surface area contributed by atoms with Crippen molar-refractivity contribution in [2.24, 2.45) is 11.8 Å². The molecule has 1 heteroatoms. The molecule has 2 rings (SSSR count). The molecule has 16 heavy (non-hydrogen) atoms. The summed E-state index contributed by atoms with van der Waals surface area (Å²) in [5.41, 5.74) is 0. The Bertz CT molecular complexity index is 196. The predicted molar refractivity (Wildman–Crippen MR) is 70.6 cm³/mol. The van der Waals surface area contributed by atoms with Crippen LogP contribution < -0.4 is 5.32 Å². The molecule has 0 aromatic carbocycles. The standard InChI is InChI=1S/C15H29N/c1-3-13-9-10-15(11-13)16-12(2)14-7-5-4-6-8-14/h12-16H,3-11H2,1-2H3/t12-,13?,15?/m0/s1. The van der Waals surface area contributed by atoms with Gasteiger partial charge in [-0.1, -0.05) is 32.6 Å². The smallest absolute Gasteiger partial charge is 0.00723 e. The van der Waals surface area contributed by atoms with Gasteiger partial charge in [0.05, 0.1) is 0 Å². The van der Waals surface area contributed by atoms with Crippen molar-refractivity contribution >= 4 is 0 Å². The van der Waals surface area contributed by atoms with Gasteiger partial charge < -0.3 is 5.32 Å². The third-order valence-electron chi connectivity index (χ3n) is 4.97. The molecule has 2 saturated carbocycles. The van der Waals surface area contributed by atoms with Crippen LogP contribution in [0.15, 0.2) is 0 Å². The summed E-state index contributed by atoms with van der Waals surface area (Å²) >= 11 is 0. The molecule has 0 heterocycles. The molecule has 3 atom stereocenters. The van der Waals surface area contributed by atoms with Crippen LogP contribution in [0.5, 0.6) is 0 Å². The Balaban J connectivity index is 1.72. The highest BCUT2D eigenvalue weighted by Gasteiger charge is 2.27. The average molecular weight is 223 g/mol.